The minimum Gasteiger partial charge on any atom is -0.348 e. The van der Waals surface area contributed by atoms with Gasteiger partial charge in [0.2, 0.25) is 0 Å². The van der Waals surface area contributed by atoms with Crippen LogP contribution in [0.1, 0.15) is 40.7 Å². The second-order valence-corrected chi connectivity index (χ2v) is 6.98. The van der Waals surface area contributed by atoms with Crippen molar-refractivity contribution in [3.8, 4) is 0 Å². The Kier molecular flexibility index (Phi) is 5.44. The predicted octanol–water partition coefficient (Wildman–Crippen LogP) is 2.86. The fraction of sp³-hybridized carbons (Fsp3) is 0.381. The highest BCUT2D eigenvalue weighted by Gasteiger charge is 2.39. The van der Waals surface area contributed by atoms with Crippen molar-refractivity contribution in [2.75, 3.05) is 6.54 Å². The van der Waals surface area contributed by atoms with Crippen LogP contribution in [0.3, 0.4) is 0 Å². The number of carbonyl (C=O) groups excluding carboxylic acids is 3. The van der Waals surface area contributed by atoms with Crippen molar-refractivity contribution in [2.24, 2.45) is 0 Å². The molecule has 27 heavy (non-hydrogen) atoms. The highest BCUT2D eigenvalue weighted by Crippen LogP contribution is 2.18. The Bertz CT molecular complexity index is 870. The van der Waals surface area contributed by atoms with E-state index in [1.165, 1.54) is 0 Å². The molecule has 1 aromatic heterocycles. The van der Waals surface area contributed by atoms with Crippen molar-refractivity contribution >= 4 is 17.7 Å². The molecule has 1 saturated heterocycles. The van der Waals surface area contributed by atoms with E-state index in [4.69, 9.17) is 0 Å². The molecule has 3 rings (SSSR count). The lowest BCUT2D eigenvalue weighted by Gasteiger charge is -2.13. The molecule has 6 nitrogen and oxygen atoms in total. The van der Waals surface area contributed by atoms with Crippen LogP contribution in [0.2, 0.25) is 0 Å². The first-order valence-corrected chi connectivity index (χ1v) is 9.28. The van der Waals surface area contributed by atoms with Crippen LogP contribution in [-0.2, 0) is 17.8 Å². The van der Waals surface area contributed by atoms with E-state index in [0.29, 0.717) is 12.0 Å². The number of Topliss-reactive ketones (excluding diaryl/α,β-unsaturated/α-hetero) is 1. The molecular formula is C21H25N3O3. The molecule has 0 unspecified atom stereocenters. The Morgan fingerprint density at radius 2 is 1.85 bits per heavy atom. The second kappa shape index (κ2) is 7.78. The molecule has 142 valence electrons. The highest BCUT2D eigenvalue weighted by atomic mass is 16.2. The van der Waals surface area contributed by atoms with Gasteiger partial charge in [0.25, 0.3) is 5.91 Å². The zero-order chi connectivity index (χ0) is 19.6. The molecule has 1 aliphatic heterocycles. The van der Waals surface area contributed by atoms with E-state index in [2.05, 4.69) is 16.8 Å². The number of imide groups is 1. The molecule has 0 spiro atoms. The molecule has 1 aromatic carbocycles. The lowest BCUT2D eigenvalue weighted by molar-refractivity contribution is -0.127. The van der Waals surface area contributed by atoms with Gasteiger partial charge in [0, 0.05) is 29.9 Å². The zero-order valence-electron chi connectivity index (χ0n) is 16.0. The summed E-state index contributed by atoms with van der Waals surface area (Å²) in [7, 11) is 0. The fourth-order valence-corrected chi connectivity index (χ4v) is 3.59. The summed E-state index contributed by atoms with van der Waals surface area (Å²) in [6, 6.07) is 10.2. The van der Waals surface area contributed by atoms with E-state index in [-0.39, 0.29) is 18.2 Å². The molecular weight excluding hydrogens is 342 g/mol. The van der Waals surface area contributed by atoms with Gasteiger partial charge < -0.3 is 9.88 Å². The average molecular weight is 367 g/mol. The van der Waals surface area contributed by atoms with Crippen molar-refractivity contribution in [3.05, 3.63) is 58.9 Å². The maximum atomic E-state index is 12.8. The number of hydrogen-bond donors (Lipinski definition) is 1. The number of benzene rings is 1. The fourth-order valence-electron chi connectivity index (χ4n) is 3.59. The summed E-state index contributed by atoms with van der Waals surface area (Å²) in [5, 5.41) is 2.69. The first-order chi connectivity index (χ1) is 12.9. The van der Waals surface area contributed by atoms with Crippen molar-refractivity contribution in [1.29, 1.82) is 0 Å². The third-order valence-corrected chi connectivity index (χ3v) is 5.01. The molecule has 0 aliphatic carbocycles. The van der Waals surface area contributed by atoms with E-state index in [1.807, 2.05) is 50.2 Å². The van der Waals surface area contributed by atoms with Crippen LogP contribution in [0.25, 0.3) is 0 Å². The number of carbonyl (C=O) groups is 3. The van der Waals surface area contributed by atoms with Crippen LogP contribution in [0, 0.1) is 13.8 Å². The Morgan fingerprint density at radius 1 is 1.15 bits per heavy atom. The smallest absolute Gasteiger partial charge is 0.325 e. The number of rotatable bonds is 7. The lowest BCUT2D eigenvalue weighted by Crippen LogP contribution is -2.36. The number of urea groups is 1. The molecule has 6 heteroatoms. The van der Waals surface area contributed by atoms with E-state index in [0.717, 1.165) is 34.8 Å². The number of aryl methyl sites for hydroxylation is 1. The minimum atomic E-state index is -0.625. The summed E-state index contributed by atoms with van der Waals surface area (Å²) in [4.78, 5) is 38.7. The lowest BCUT2D eigenvalue weighted by atomic mass is 10.1. The van der Waals surface area contributed by atoms with Crippen LogP contribution < -0.4 is 5.32 Å². The van der Waals surface area contributed by atoms with Gasteiger partial charge in [0.15, 0.2) is 5.78 Å². The van der Waals surface area contributed by atoms with Crippen LogP contribution in [-0.4, -0.2) is 39.8 Å². The van der Waals surface area contributed by atoms with Gasteiger partial charge >= 0.3 is 6.03 Å². The first kappa shape index (κ1) is 18.9. The second-order valence-electron chi connectivity index (χ2n) is 6.98. The molecule has 1 N–H and O–H groups in total. The van der Waals surface area contributed by atoms with Gasteiger partial charge in [0.1, 0.15) is 6.04 Å². The summed E-state index contributed by atoms with van der Waals surface area (Å²) >= 11 is 0. The number of nitrogens with zero attached hydrogens (tertiary/aromatic N) is 2. The van der Waals surface area contributed by atoms with Crippen molar-refractivity contribution < 1.29 is 14.4 Å². The number of ketones is 1. The molecule has 2 heterocycles. The minimum absolute atomic E-state index is 0.214. The molecule has 2 aromatic rings. The number of hydrogen-bond acceptors (Lipinski definition) is 3. The van der Waals surface area contributed by atoms with E-state index in [9.17, 15) is 14.4 Å². The normalized spacial score (nSPS) is 16.7. The summed E-state index contributed by atoms with van der Waals surface area (Å²) < 4.78 is 2.09. The molecule has 1 atom stereocenters. The van der Waals surface area contributed by atoms with Crippen LogP contribution in [0.15, 0.2) is 36.4 Å². The Labute approximate surface area is 159 Å². The molecule has 0 radical (unpaired) electrons. The average Bonchev–Trinajstić information content (AvgIpc) is 3.07. The van der Waals surface area contributed by atoms with Crippen LogP contribution in [0.5, 0.6) is 0 Å². The summed E-state index contributed by atoms with van der Waals surface area (Å²) in [6.45, 7) is 6.56. The SMILES string of the molecule is CCCn1c(C)cc(C(=O)CN2C(=O)N[C@H](Cc3ccccc3)C2=O)c1C. The van der Waals surface area contributed by atoms with Crippen molar-refractivity contribution in [2.45, 2.75) is 46.2 Å². The van der Waals surface area contributed by atoms with Gasteiger partial charge in [0.05, 0.1) is 6.54 Å². The summed E-state index contributed by atoms with van der Waals surface area (Å²) in [5.41, 5.74) is 3.43. The van der Waals surface area contributed by atoms with Gasteiger partial charge in [-0.25, -0.2) is 4.79 Å². The number of aromatic nitrogens is 1. The summed E-state index contributed by atoms with van der Waals surface area (Å²) in [6.07, 6.45) is 1.39. The van der Waals surface area contributed by atoms with Gasteiger partial charge in [-0.2, -0.15) is 0 Å². The van der Waals surface area contributed by atoms with Gasteiger partial charge in [-0.3, -0.25) is 14.5 Å². The van der Waals surface area contributed by atoms with Gasteiger partial charge in [-0.1, -0.05) is 37.3 Å². The number of nitrogens with one attached hydrogen (secondary N) is 1. The molecule has 1 aliphatic rings. The number of amides is 3. The van der Waals surface area contributed by atoms with Gasteiger partial charge in [-0.05, 0) is 31.9 Å². The standard InChI is InChI=1S/C21H25N3O3/c1-4-10-23-14(2)11-17(15(23)3)19(25)13-24-20(26)18(22-21(24)27)12-16-8-6-5-7-9-16/h5-9,11,18H,4,10,12-13H2,1-3H3,(H,22,27)/t18-/m1/s1. The largest absolute Gasteiger partial charge is 0.348 e. The highest BCUT2D eigenvalue weighted by molar-refractivity contribution is 6.09. The van der Waals surface area contributed by atoms with Crippen LogP contribution in [0.4, 0.5) is 4.79 Å². The molecule has 3 amide bonds. The van der Waals surface area contributed by atoms with E-state index < -0.39 is 12.1 Å². The third-order valence-electron chi connectivity index (χ3n) is 5.01. The van der Waals surface area contributed by atoms with Crippen molar-refractivity contribution in [1.82, 2.24) is 14.8 Å². The Morgan fingerprint density at radius 3 is 2.52 bits per heavy atom. The third kappa shape index (κ3) is 3.79. The monoisotopic (exact) mass is 367 g/mol. The van der Waals surface area contributed by atoms with E-state index in [1.54, 1.807) is 0 Å². The maximum Gasteiger partial charge on any atom is 0.325 e. The first-order valence-electron chi connectivity index (χ1n) is 9.28. The van der Waals surface area contributed by atoms with Crippen molar-refractivity contribution in [3.63, 3.8) is 0 Å². The summed E-state index contributed by atoms with van der Waals surface area (Å²) in [5.74, 6) is -0.561. The topological polar surface area (TPSA) is 71.4 Å². The Balaban J connectivity index is 1.72. The molecule has 1 fully saturated rings. The molecule has 0 bridgehead atoms. The van der Waals surface area contributed by atoms with Crippen LogP contribution >= 0.6 is 0 Å². The zero-order valence-corrected chi connectivity index (χ0v) is 16.0. The quantitative estimate of drug-likeness (QED) is 0.604. The van der Waals surface area contributed by atoms with Gasteiger partial charge in [-0.15, -0.1) is 0 Å². The predicted molar refractivity (Wildman–Crippen MR) is 103 cm³/mol. The molecule has 0 saturated carbocycles. The van der Waals surface area contributed by atoms with E-state index >= 15 is 0 Å². The maximum absolute atomic E-state index is 12.8. The Hall–Kier alpha value is -2.89.